The number of hydrogen-bond donors (Lipinski definition) is 1. The summed E-state index contributed by atoms with van der Waals surface area (Å²) in [6, 6.07) is 2.15. The van der Waals surface area contributed by atoms with Gasteiger partial charge in [0.25, 0.3) is 0 Å². The lowest BCUT2D eigenvalue weighted by atomic mass is 10.2. The van der Waals surface area contributed by atoms with Crippen LogP contribution in [0.2, 0.25) is 0 Å². The summed E-state index contributed by atoms with van der Waals surface area (Å²) in [5.74, 6) is 0. The van der Waals surface area contributed by atoms with Gasteiger partial charge in [0.2, 0.25) is 0 Å². The van der Waals surface area contributed by atoms with Crippen LogP contribution in [0.4, 0.5) is 0 Å². The molecule has 1 aromatic rings. The second kappa shape index (κ2) is 2.88. The molecule has 0 aromatic carbocycles. The predicted octanol–water partition coefficient (Wildman–Crippen LogP) is 1.05. The van der Waals surface area contributed by atoms with E-state index >= 15 is 0 Å². The Bertz CT molecular complexity index is 213. The molecule has 0 aliphatic rings. The van der Waals surface area contributed by atoms with Gasteiger partial charge in [-0.15, -0.1) is 0 Å². The van der Waals surface area contributed by atoms with Crippen LogP contribution in [-0.2, 0) is 20.0 Å². The van der Waals surface area contributed by atoms with Crippen molar-refractivity contribution in [3.63, 3.8) is 0 Å². The van der Waals surface area contributed by atoms with Crippen molar-refractivity contribution in [2.24, 2.45) is 12.8 Å². The van der Waals surface area contributed by atoms with Crippen LogP contribution in [0.15, 0.2) is 12.3 Å². The van der Waals surface area contributed by atoms with Crippen molar-refractivity contribution < 1.29 is 0 Å². The predicted molar refractivity (Wildman–Crippen MR) is 42.7 cm³/mol. The summed E-state index contributed by atoms with van der Waals surface area (Å²) in [5.41, 5.74) is 8.07. The van der Waals surface area contributed by atoms with Gasteiger partial charge in [0.15, 0.2) is 0 Å². The van der Waals surface area contributed by atoms with Crippen molar-refractivity contribution in [3.8, 4) is 0 Å². The first-order valence-corrected chi connectivity index (χ1v) is 3.62. The fraction of sp³-hybridized carbons (Fsp3) is 0.500. The third-order valence-electron chi connectivity index (χ3n) is 1.78. The number of aryl methyl sites for hydroxylation is 2. The Morgan fingerprint density at radius 3 is 2.60 bits per heavy atom. The topological polar surface area (TPSA) is 30.9 Å². The SMILES string of the molecule is CCc1cc(CN)n(C)c1. The molecule has 2 heteroatoms. The van der Waals surface area contributed by atoms with Gasteiger partial charge in [-0.25, -0.2) is 0 Å². The minimum atomic E-state index is 0.635. The quantitative estimate of drug-likeness (QED) is 0.650. The van der Waals surface area contributed by atoms with Gasteiger partial charge in [0, 0.05) is 25.5 Å². The lowest BCUT2D eigenvalue weighted by Crippen LogP contribution is -2.01. The van der Waals surface area contributed by atoms with Gasteiger partial charge in [-0.3, -0.25) is 0 Å². The van der Waals surface area contributed by atoms with Crippen LogP contribution in [0, 0.1) is 0 Å². The summed E-state index contributed by atoms with van der Waals surface area (Å²) in [5, 5.41) is 0. The molecule has 0 unspecified atom stereocenters. The number of rotatable bonds is 2. The summed E-state index contributed by atoms with van der Waals surface area (Å²) < 4.78 is 2.08. The minimum Gasteiger partial charge on any atom is -0.353 e. The van der Waals surface area contributed by atoms with Crippen molar-refractivity contribution in [3.05, 3.63) is 23.5 Å². The molecule has 0 radical (unpaired) electrons. The first kappa shape index (κ1) is 7.35. The summed E-state index contributed by atoms with van der Waals surface area (Å²) in [7, 11) is 2.03. The molecule has 2 N–H and O–H groups in total. The summed E-state index contributed by atoms with van der Waals surface area (Å²) in [4.78, 5) is 0. The van der Waals surface area contributed by atoms with E-state index in [1.807, 2.05) is 7.05 Å². The second-order valence-corrected chi connectivity index (χ2v) is 2.51. The van der Waals surface area contributed by atoms with Crippen molar-refractivity contribution in [2.45, 2.75) is 19.9 Å². The summed E-state index contributed by atoms with van der Waals surface area (Å²) in [6.07, 6.45) is 3.22. The van der Waals surface area contributed by atoms with Gasteiger partial charge in [-0.05, 0) is 18.1 Å². The van der Waals surface area contributed by atoms with Crippen LogP contribution in [-0.4, -0.2) is 4.57 Å². The highest BCUT2D eigenvalue weighted by Crippen LogP contribution is 2.06. The first-order valence-electron chi connectivity index (χ1n) is 3.62. The van der Waals surface area contributed by atoms with E-state index in [0.717, 1.165) is 6.42 Å². The summed E-state index contributed by atoms with van der Waals surface area (Å²) in [6.45, 7) is 2.78. The molecule has 0 aliphatic carbocycles. The third-order valence-corrected chi connectivity index (χ3v) is 1.78. The standard InChI is InChI=1S/C8H14N2/c1-3-7-4-8(5-9)10(2)6-7/h4,6H,3,5,9H2,1-2H3. The minimum absolute atomic E-state index is 0.635. The number of aromatic nitrogens is 1. The van der Waals surface area contributed by atoms with Crippen molar-refractivity contribution >= 4 is 0 Å². The van der Waals surface area contributed by atoms with Crippen molar-refractivity contribution in [1.82, 2.24) is 4.57 Å². The van der Waals surface area contributed by atoms with Gasteiger partial charge >= 0.3 is 0 Å². The zero-order chi connectivity index (χ0) is 7.56. The lowest BCUT2D eigenvalue weighted by Gasteiger charge is -1.95. The molecule has 0 amide bonds. The Morgan fingerprint density at radius 1 is 1.60 bits per heavy atom. The zero-order valence-corrected chi connectivity index (χ0v) is 6.59. The van der Waals surface area contributed by atoms with E-state index < -0.39 is 0 Å². The largest absolute Gasteiger partial charge is 0.353 e. The fourth-order valence-corrected chi connectivity index (χ4v) is 1.08. The number of nitrogens with zero attached hydrogens (tertiary/aromatic N) is 1. The molecule has 0 aliphatic heterocycles. The number of nitrogens with two attached hydrogens (primary N) is 1. The van der Waals surface area contributed by atoms with E-state index in [2.05, 4.69) is 23.8 Å². The van der Waals surface area contributed by atoms with E-state index in [0.29, 0.717) is 6.54 Å². The summed E-state index contributed by atoms with van der Waals surface area (Å²) >= 11 is 0. The molecule has 1 heterocycles. The average molecular weight is 138 g/mol. The Labute approximate surface area is 61.7 Å². The van der Waals surface area contributed by atoms with E-state index in [4.69, 9.17) is 5.73 Å². The lowest BCUT2D eigenvalue weighted by molar-refractivity contribution is 0.822. The van der Waals surface area contributed by atoms with E-state index in [9.17, 15) is 0 Å². The monoisotopic (exact) mass is 138 g/mol. The second-order valence-electron chi connectivity index (χ2n) is 2.51. The maximum Gasteiger partial charge on any atom is 0.0334 e. The molecule has 1 aromatic heterocycles. The van der Waals surface area contributed by atoms with Gasteiger partial charge in [0.05, 0.1) is 0 Å². The Balaban J connectivity index is 2.92. The van der Waals surface area contributed by atoms with Gasteiger partial charge in [-0.2, -0.15) is 0 Å². The van der Waals surface area contributed by atoms with Crippen molar-refractivity contribution in [2.75, 3.05) is 0 Å². The molecule has 0 fully saturated rings. The molecule has 0 bridgehead atoms. The highest BCUT2D eigenvalue weighted by atomic mass is 14.9. The smallest absolute Gasteiger partial charge is 0.0334 e. The maximum atomic E-state index is 5.50. The molecule has 1 rings (SSSR count). The fourth-order valence-electron chi connectivity index (χ4n) is 1.08. The van der Waals surface area contributed by atoms with Crippen LogP contribution < -0.4 is 5.73 Å². The van der Waals surface area contributed by atoms with Crippen molar-refractivity contribution in [1.29, 1.82) is 0 Å². The van der Waals surface area contributed by atoms with Crippen LogP contribution in [0.25, 0.3) is 0 Å². The van der Waals surface area contributed by atoms with Crippen LogP contribution in [0.1, 0.15) is 18.2 Å². The molecule has 0 saturated carbocycles. The Kier molecular flexibility index (Phi) is 2.12. The Hall–Kier alpha value is -0.760. The van der Waals surface area contributed by atoms with Gasteiger partial charge in [-0.1, -0.05) is 6.92 Å². The van der Waals surface area contributed by atoms with Crippen LogP contribution in [0.3, 0.4) is 0 Å². The van der Waals surface area contributed by atoms with Gasteiger partial charge in [0.1, 0.15) is 0 Å². The average Bonchev–Trinajstić information content (AvgIpc) is 2.30. The van der Waals surface area contributed by atoms with Gasteiger partial charge < -0.3 is 10.3 Å². The highest BCUT2D eigenvalue weighted by Gasteiger charge is 1.97. The van der Waals surface area contributed by atoms with Crippen LogP contribution >= 0.6 is 0 Å². The number of hydrogen-bond acceptors (Lipinski definition) is 1. The zero-order valence-electron chi connectivity index (χ0n) is 6.59. The van der Waals surface area contributed by atoms with E-state index in [1.165, 1.54) is 11.3 Å². The Morgan fingerprint density at radius 2 is 2.30 bits per heavy atom. The molecule has 56 valence electrons. The molecular weight excluding hydrogens is 124 g/mol. The van der Waals surface area contributed by atoms with E-state index in [-0.39, 0.29) is 0 Å². The molecule has 0 atom stereocenters. The molecule has 10 heavy (non-hydrogen) atoms. The highest BCUT2D eigenvalue weighted by molar-refractivity contribution is 5.18. The molecule has 0 spiro atoms. The first-order chi connectivity index (χ1) is 4.77. The maximum absolute atomic E-state index is 5.50. The third kappa shape index (κ3) is 1.21. The molecule has 0 saturated heterocycles. The molecule has 2 nitrogen and oxygen atoms in total. The normalized spacial score (nSPS) is 10.3. The van der Waals surface area contributed by atoms with Crippen LogP contribution in [0.5, 0.6) is 0 Å². The van der Waals surface area contributed by atoms with E-state index in [1.54, 1.807) is 0 Å². The molecular formula is C8H14N2.